The fourth-order valence-electron chi connectivity index (χ4n) is 2.17. The fourth-order valence-corrected chi connectivity index (χ4v) is 2.65. The summed E-state index contributed by atoms with van der Waals surface area (Å²) in [7, 11) is 0. The van der Waals surface area contributed by atoms with Crippen molar-refractivity contribution in [2.24, 2.45) is 0 Å². The number of non-ortho nitro benzene ring substituents is 1. The van der Waals surface area contributed by atoms with Gasteiger partial charge in [-0.2, -0.15) is 0 Å². The van der Waals surface area contributed by atoms with Gasteiger partial charge in [-0.25, -0.2) is 4.79 Å². The van der Waals surface area contributed by atoms with Gasteiger partial charge in [0.15, 0.2) is 0 Å². The molecule has 120 valence electrons. The lowest BCUT2D eigenvalue weighted by Crippen LogP contribution is -2.49. The number of carbonyl (C=O) groups is 1. The first-order valence-corrected chi connectivity index (χ1v) is 7.53. The largest absolute Gasteiger partial charge is 0.491 e. The number of hydrogen-bond donors (Lipinski definition) is 1. The van der Waals surface area contributed by atoms with Crippen molar-refractivity contribution in [3.05, 3.63) is 32.8 Å². The molecular formula is C13H16BrN3O5. The van der Waals surface area contributed by atoms with Gasteiger partial charge in [0.1, 0.15) is 12.4 Å². The Hall–Kier alpha value is -1.87. The second-order valence-electron chi connectivity index (χ2n) is 4.83. The van der Waals surface area contributed by atoms with E-state index in [1.165, 1.54) is 17.0 Å². The lowest BCUT2D eigenvalue weighted by atomic mass is 10.3. The second kappa shape index (κ2) is 7.41. The Labute approximate surface area is 135 Å². The van der Waals surface area contributed by atoms with Gasteiger partial charge in [-0.05, 0) is 22.0 Å². The van der Waals surface area contributed by atoms with E-state index in [9.17, 15) is 14.9 Å². The number of nitrogens with zero attached hydrogens (tertiary/aromatic N) is 3. The summed E-state index contributed by atoms with van der Waals surface area (Å²) in [5.41, 5.74) is 0.00372. The molecule has 22 heavy (non-hydrogen) atoms. The first-order chi connectivity index (χ1) is 10.5. The Morgan fingerprint density at radius 3 is 2.59 bits per heavy atom. The van der Waals surface area contributed by atoms with Crippen LogP contribution in [0.3, 0.4) is 0 Å². The molecule has 1 fully saturated rings. The highest BCUT2D eigenvalue weighted by Crippen LogP contribution is 2.29. The zero-order valence-electron chi connectivity index (χ0n) is 11.8. The molecule has 0 radical (unpaired) electrons. The molecule has 1 aromatic rings. The van der Waals surface area contributed by atoms with E-state index in [-0.39, 0.29) is 5.69 Å². The van der Waals surface area contributed by atoms with Crippen LogP contribution in [0.5, 0.6) is 5.75 Å². The van der Waals surface area contributed by atoms with Crippen molar-refractivity contribution in [3.63, 3.8) is 0 Å². The average molecular weight is 374 g/mol. The van der Waals surface area contributed by atoms with Gasteiger partial charge >= 0.3 is 6.09 Å². The third kappa shape index (κ3) is 4.31. The van der Waals surface area contributed by atoms with Crippen LogP contribution in [-0.2, 0) is 0 Å². The second-order valence-corrected chi connectivity index (χ2v) is 5.69. The lowest BCUT2D eigenvalue weighted by molar-refractivity contribution is -0.385. The first kappa shape index (κ1) is 16.5. The van der Waals surface area contributed by atoms with Crippen molar-refractivity contribution >= 4 is 27.7 Å². The molecule has 0 aromatic heterocycles. The van der Waals surface area contributed by atoms with E-state index < -0.39 is 11.0 Å². The molecule has 0 aliphatic carbocycles. The van der Waals surface area contributed by atoms with Crippen LogP contribution in [0.25, 0.3) is 0 Å². The molecule has 8 nitrogen and oxygen atoms in total. The molecule has 0 unspecified atom stereocenters. The monoisotopic (exact) mass is 373 g/mol. The van der Waals surface area contributed by atoms with Crippen molar-refractivity contribution in [2.75, 3.05) is 39.3 Å². The molecule has 0 atom stereocenters. The minimum atomic E-state index is -0.884. The number of nitro groups is 1. The summed E-state index contributed by atoms with van der Waals surface area (Å²) in [6.45, 7) is 3.46. The van der Waals surface area contributed by atoms with Crippen molar-refractivity contribution in [1.82, 2.24) is 9.80 Å². The predicted octanol–water partition coefficient (Wildman–Crippen LogP) is 2.03. The van der Waals surface area contributed by atoms with Gasteiger partial charge in [-0.3, -0.25) is 15.0 Å². The number of piperazine rings is 1. The van der Waals surface area contributed by atoms with Gasteiger partial charge < -0.3 is 14.7 Å². The summed E-state index contributed by atoms with van der Waals surface area (Å²) in [4.78, 5) is 24.5. The van der Waals surface area contributed by atoms with Crippen molar-refractivity contribution < 1.29 is 19.6 Å². The Morgan fingerprint density at radius 1 is 1.36 bits per heavy atom. The van der Waals surface area contributed by atoms with Crippen LogP contribution < -0.4 is 4.74 Å². The number of hydrogen-bond acceptors (Lipinski definition) is 5. The van der Waals surface area contributed by atoms with Gasteiger partial charge in [0.05, 0.1) is 9.40 Å². The van der Waals surface area contributed by atoms with E-state index in [4.69, 9.17) is 9.84 Å². The maximum atomic E-state index is 10.8. The number of rotatable bonds is 5. The van der Waals surface area contributed by atoms with E-state index >= 15 is 0 Å². The van der Waals surface area contributed by atoms with Gasteiger partial charge in [0.25, 0.3) is 5.69 Å². The van der Waals surface area contributed by atoms with Crippen molar-refractivity contribution in [2.45, 2.75) is 0 Å². The Bertz CT molecular complexity index is 561. The van der Waals surface area contributed by atoms with Gasteiger partial charge in [-0.15, -0.1) is 0 Å². The highest BCUT2D eigenvalue weighted by molar-refractivity contribution is 9.10. The topological polar surface area (TPSA) is 96.2 Å². The molecule has 1 aliphatic heterocycles. The minimum Gasteiger partial charge on any atom is -0.491 e. The number of carboxylic acid groups (broad SMARTS) is 1. The van der Waals surface area contributed by atoms with Gasteiger partial charge in [0.2, 0.25) is 0 Å². The molecule has 9 heteroatoms. The Morgan fingerprint density at radius 2 is 2.05 bits per heavy atom. The number of nitro benzene ring substituents is 1. The molecular weight excluding hydrogens is 358 g/mol. The molecule has 0 spiro atoms. The minimum absolute atomic E-state index is 0.00372. The number of benzene rings is 1. The molecule has 2 rings (SSSR count). The molecule has 1 aromatic carbocycles. The standard InChI is InChI=1S/C13H16BrN3O5/c14-11-9-10(17(20)21)1-2-12(11)22-8-7-15-3-5-16(6-4-15)13(18)19/h1-2,9H,3-8H2,(H,18,19). The number of ether oxygens (including phenoxy) is 1. The van der Waals surface area contributed by atoms with Gasteiger partial charge in [0, 0.05) is 44.9 Å². The van der Waals surface area contributed by atoms with Crippen LogP contribution in [0.4, 0.5) is 10.5 Å². The Balaban J connectivity index is 1.77. The van der Waals surface area contributed by atoms with Crippen LogP contribution in [0, 0.1) is 10.1 Å². The normalized spacial score (nSPS) is 15.6. The van der Waals surface area contributed by atoms with Crippen LogP contribution >= 0.6 is 15.9 Å². The van der Waals surface area contributed by atoms with Crippen molar-refractivity contribution in [3.8, 4) is 5.75 Å². The quantitative estimate of drug-likeness (QED) is 0.626. The maximum Gasteiger partial charge on any atom is 0.407 e. The SMILES string of the molecule is O=C(O)N1CCN(CCOc2ccc([N+](=O)[O-])cc2Br)CC1. The number of halogens is 1. The van der Waals surface area contributed by atoms with Crippen LogP contribution in [0.15, 0.2) is 22.7 Å². The summed E-state index contributed by atoms with van der Waals surface area (Å²) >= 11 is 3.25. The summed E-state index contributed by atoms with van der Waals surface area (Å²) in [6, 6.07) is 4.36. The van der Waals surface area contributed by atoms with E-state index in [1.807, 2.05) is 0 Å². The first-order valence-electron chi connectivity index (χ1n) is 6.74. The fraction of sp³-hybridized carbons (Fsp3) is 0.462. The zero-order chi connectivity index (χ0) is 16.1. The van der Waals surface area contributed by atoms with Crippen LogP contribution in [0.1, 0.15) is 0 Å². The van der Waals surface area contributed by atoms with E-state index in [0.29, 0.717) is 49.6 Å². The van der Waals surface area contributed by atoms with Crippen LogP contribution in [-0.4, -0.2) is 65.3 Å². The predicted molar refractivity (Wildman–Crippen MR) is 82.3 cm³/mol. The third-order valence-electron chi connectivity index (χ3n) is 3.43. The molecule has 1 saturated heterocycles. The number of amides is 1. The summed E-state index contributed by atoms with van der Waals surface area (Å²) < 4.78 is 6.15. The van der Waals surface area contributed by atoms with E-state index in [1.54, 1.807) is 6.07 Å². The molecule has 1 amide bonds. The van der Waals surface area contributed by atoms with Crippen LogP contribution in [0.2, 0.25) is 0 Å². The van der Waals surface area contributed by atoms with Gasteiger partial charge in [-0.1, -0.05) is 0 Å². The average Bonchev–Trinajstić information content (AvgIpc) is 2.49. The molecule has 0 saturated carbocycles. The Kier molecular flexibility index (Phi) is 5.56. The summed E-state index contributed by atoms with van der Waals surface area (Å²) in [5.74, 6) is 0.551. The van der Waals surface area contributed by atoms with Crippen molar-refractivity contribution in [1.29, 1.82) is 0 Å². The van der Waals surface area contributed by atoms with E-state index in [0.717, 1.165) is 0 Å². The highest BCUT2D eigenvalue weighted by Gasteiger charge is 2.20. The zero-order valence-corrected chi connectivity index (χ0v) is 13.4. The highest BCUT2D eigenvalue weighted by atomic mass is 79.9. The van der Waals surface area contributed by atoms with E-state index in [2.05, 4.69) is 20.8 Å². The molecule has 0 bridgehead atoms. The molecule has 1 aliphatic rings. The third-order valence-corrected chi connectivity index (χ3v) is 4.05. The molecule has 1 N–H and O–H groups in total. The maximum absolute atomic E-state index is 10.8. The summed E-state index contributed by atoms with van der Waals surface area (Å²) in [5, 5.41) is 19.5. The smallest absolute Gasteiger partial charge is 0.407 e. The summed E-state index contributed by atoms with van der Waals surface area (Å²) in [6.07, 6.45) is -0.884. The molecule has 1 heterocycles. The lowest BCUT2D eigenvalue weighted by Gasteiger charge is -2.32.